The number of halogens is 1. The molecule has 2 heterocycles. The van der Waals surface area contributed by atoms with Crippen LogP contribution in [-0.2, 0) is 12.8 Å². The fourth-order valence-electron chi connectivity index (χ4n) is 2.50. The number of nitrogens with zero attached hydrogens (tertiary/aromatic N) is 5. The molecule has 2 aromatic heterocycles. The lowest BCUT2D eigenvalue weighted by atomic mass is 10.3. The van der Waals surface area contributed by atoms with Crippen molar-refractivity contribution in [3.63, 3.8) is 0 Å². The molecule has 6 heteroatoms. The Kier molecular flexibility index (Phi) is 3.44. The van der Waals surface area contributed by atoms with E-state index in [1.807, 2.05) is 17.1 Å². The Bertz CT molecular complexity index is 666. The first kappa shape index (κ1) is 13.1. The Hall–Kier alpha value is -1.88. The Balaban J connectivity index is 2.08. The molecule has 0 radical (unpaired) electrons. The molecule has 2 aromatic rings. The van der Waals surface area contributed by atoms with E-state index < -0.39 is 0 Å². The molecule has 20 heavy (non-hydrogen) atoms. The number of hydrogen-bond acceptors (Lipinski definition) is 4. The number of aromatic nitrogens is 4. The monoisotopic (exact) mass is 289 g/mol. The summed E-state index contributed by atoms with van der Waals surface area (Å²) in [5.74, 6) is 1.16. The molecular weight excluding hydrogens is 274 g/mol. The van der Waals surface area contributed by atoms with Gasteiger partial charge in [0.1, 0.15) is 5.15 Å². The lowest BCUT2D eigenvalue weighted by molar-refractivity contribution is 0.859. The summed E-state index contributed by atoms with van der Waals surface area (Å²) in [6.07, 6.45) is 6.65. The quantitative estimate of drug-likeness (QED) is 0.626. The average molecular weight is 290 g/mol. The van der Waals surface area contributed by atoms with Gasteiger partial charge in [-0.1, -0.05) is 23.8 Å². The smallest absolute Gasteiger partial charge is 0.255 e. The molecule has 0 saturated carbocycles. The molecule has 1 aliphatic rings. The van der Waals surface area contributed by atoms with Crippen LogP contribution in [0.25, 0.3) is 5.78 Å². The summed E-state index contributed by atoms with van der Waals surface area (Å²) < 4.78 is 1.63. The zero-order valence-corrected chi connectivity index (χ0v) is 12.0. The Morgan fingerprint density at radius 3 is 2.65 bits per heavy atom. The van der Waals surface area contributed by atoms with Gasteiger partial charge in [0.25, 0.3) is 5.78 Å². The van der Waals surface area contributed by atoms with Crippen molar-refractivity contribution in [1.29, 1.82) is 0 Å². The van der Waals surface area contributed by atoms with Crippen LogP contribution < -0.4 is 4.90 Å². The van der Waals surface area contributed by atoms with E-state index in [2.05, 4.69) is 28.2 Å². The maximum Gasteiger partial charge on any atom is 0.255 e. The molecule has 104 valence electrons. The molecule has 3 rings (SSSR count). The van der Waals surface area contributed by atoms with Crippen molar-refractivity contribution in [2.75, 3.05) is 18.0 Å². The predicted octanol–water partition coefficient (Wildman–Crippen LogP) is 2.44. The minimum atomic E-state index is 0.559. The second-order valence-electron chi connectivity index (χ2n) is 4.79. The number of rotatable bonds is 5. The highest BCUT2D eigenvalue weighted by molar-refractivity contribution is 6.30. The van der Waals surface area contributed by atoms with E-state index in [4.69, 9.17) is 11.6 Å². The normalized spacial score (nSPS) is 13.4. The second-order valence-corrected chi connectivity index (χ2v) is 5.15. The molecule has 0 aromatic carbocycles. The summed E-state index contributed by atoms with van der Waals surface area (Å²) in [6.45, 7) is 8.81. The molecular formula is C14H16ClN5. The van der Waals surface area contributed by atoms with Crippen LogP contribution in [0.15, 0.2) is 25.3 Å². The molecule has 1 aliphatic carbocycles. The SMILES string of the molecule is C=CCN(CC=C)c1nc2nc3c(c(Cl)n2n1)CCC3. The van der Waals surface area contributed by atoms with Gasteiger partial charge in [-0.3, -0.25) is 0 Å². The molecule has 0 N–H and O–H groups in total. The van der Waals surface area contributed by atoms with Gasteiger partial charge >= 0.3 is 0 Å². The topological polar surface area (TPSA) is 46.3 Å². The van der Waals surface area contributed by atoms with Crippen molar-refractivity contribution in [3.05, 3.63) is 41.7 Å². The third kappa shape index (κ3) is 2.08. The average Bonchev–Trinajstić information content (AvgIpc) is 3.05. The van der Waals surface area contributed by atoms with Gasteiger partial charge in [-0.2, -0.15) is 9.50 Å². The van der Waals surface area contributed by atoms with Crippen LogP contribution in [0.5, 0.6) is 0 Å². The molecule has 0 aliphatic heterocycles. The minimum absolute atomic E-state index is 0.559. The molecule has 0 atom stereocenters. The Morgan fingerprint density at radius 1 is 1.20 bits per heavy atom. The van der Waals surface area contributed by atoms with Crippen molar-refractivity contribution < 1.29 is 0 Å². The third-order valence-electron chi connectivity index (χ3n) is 3.42. The highest BCUT2D eigenvalue weighted by atomic mass is 35.5. The largest absolute Gasteiger partial charge is 0.332 e. The van der Waals surface area contributed by atoms with E-state index in [9.17, 15) is 0 Å². The van der Waals surface area contributed by atoms with Gasteiger partial charge in [0, 0.05) is 18.7 Å². The van der Waals surface area contributed by atoms with Crippen LogP contribution in [0.2, 0.25) is 5.15 Å². The van der Waals surface area contributed by atoms with Gasteiger partial charge in [-0.15, -0.1) is 18.3 Å². The van der Waals surface area contributed by atoms with Crippen LogP contribution in [0.4, 0.5) is 5.95 Å². The van der Waals surface area contributed by atoms with Gasteiger partial charge in [-0.05, 0) is 19.3 Å². The van der Waals surface area contributed by atoms with Crippen molar-refractivity contribution in [3.8, 4) is 0 Å². The van der Waals surface area contributed by atoms with Gasteiger partial charge < -0.3 is 4.90 Å². The zero-order chi connectivity index (χ0) is 14.1. The molecule has 0 fully saturated rings. The van der Waals surface area contributed by atoms with Gasteiger partial charge in [0.2, 0.25) is 5.95 Å². The summed E-state index contributed by atoms with van der Waals surface area (Å²) in [4.78, 5) is 11.0. The highest BCUT2D eigenvalue weighted by Gasteiger charge is 2.21. The summed E-state index contributed by atoms with van der Waals surface area (Å²) in [5.41, 5.74) is 2.16. The standard InChI is InChI=1S/C14H16ClN5/c1-3-8-19(9-4-2)14-17-13-16-11-7-5-6-10(11)12(15)20(13)18-14/h3-4H,1-2,5-9H2. The number of fused-ring (bicyclic) bond motifs is 2. The van der Waals surface area contributed by atoms with E-state index in [-0.39, 0.29) is 0 Å². The van der Waals surface area contributed by atoms with E-state index in [1.54, 1.807) is 4.52 Å². The van der Waals surface area contributed by atoms with Crippen molar-refractivity contribution >= 4 is 23.3 Å². The van der Waals surface area contributed by atoms with Crippen molar-refractivity contribution in [1.82, 2.24) is 19.6 Å². The van der Waals surface area contributed by atoms with Crippen LogP contribution in [0, 0.1) is 0 Å². The van der Waals surface area contributed by atoms with E-state index in [0.717, 1.165) is 30.5 Å². The lowest BCUT2D eigenvalue weighted by Gasteiger charge is -2.15. The number of aryl methyl sites for hydroxylation is 1. The Morgan fingerprint density at radius 2 is 1.95 bits per heavy atom. The summed E-state index contributed by atoms with van der Waals surface area (Å²) in [7, 11) is 0. The fraction of sp³-hybridized carbons (Fsp3) is 0.357. The molecule has 0 saturated heterocycles. The molecule has 0 unspecified atom stereocenters. The van der Waals surface area contributed by atoms with Gasteiger partial charge in [0.15, 0.2) is 0 Å². The molecule has 0 bridgehead atoms. The highest BCUT2D eigenvalue weighted by Crippen LogP contribution is 2.28. The van der Waals surface area contributed by atoms with Crippen LogP contribution in [0.3, 0.4) is 0 Å². The van der Waals surface area contributed by atoms with E-state index in [0.29, 0.717) is 30.0 Å². The van der Waals surface area contributed by atoms with Crippen molar-refractivity contribution in [2.24, 2.45) is 0 Å². The van der Waals surface area contributed by atoms with E-state index in [1.165, 1.54) is 0 Å². The minimum Gasteiger partial charge on any atom is -0.332 e. The molecule has 0 spiro atoms. The number of anilines is 1. The molecule has 5 nitrogen and oxygen atoms in total. The maximum absolute atomic E-state index is 6.42. The van der Waals surface area contributed by atoms with Crippen molar-refractivity contribution in [2.45, 2.75) is 19.3 Å². The van der Waals surface area contributed by atoms with Crippen LogP contribution in [-0.4, -0.2) is 32.7 Å². The van der Waals surface area contributed by atoms with Crippen LogP contribution in [0.1, 0.15) is 17.7 Å². The van der Waals surface area contributed by atoms with Gasteiger partial charge in [0.05, 0.1) is 5.69 Å². The molecule has 0 amide bonds. The predicted molar refractivity (Wildman–Crippen MR) is 80.4 cm³/mol. The first-order valence-corrected chi connectivity index (χ1v) is 7.03. The first-order valence-electron chi connectivity index (χ1n) is 6.65. The second kappa shape index (κ2) is 5.25. The Labute approximate surface area is 122 Å². The number of hydrogen-bond donors (Lipinski definition) is 0. The summed E-state index contributed by atoms with van der Waals surface area (Å²) in [6, 6.07) is 0. The van der Waals surface area contributed by atoms with Crippen LogP contribution >= 0.6 is 11.6 Å². The fourth-order valence-corrected chi connectivity index (χ4v) is 2.82. The van der Waals surface area contributed by atoms with E-state index >= 15 is 0 Å². The lowest BCUT2D eigenvalue weighted by Crippen LogP contribution is -2.24. The summed E-state index contributed by atoms with van der Waals surface area (Å²) in [5, 5.41) is 5.11. The third-order valence-corrected chi connectivity index (χ3v) is 3.81. The maximum atomic E-state index is 6.42. The van der Waals surface area contributed by atoms with Gasteiger partial charge in [-0.25, -0.2) is 4.98 Å². The first-order chi connectivity index (χ1) is 9.74. The zero-order valence-electron chi connectivity index (χ0n) is 11.2. The summed E-state index contributed by atoms with van der Waals surface area (Å²) >= 11 is 6.42.